The zero-order chi connectivity index (χ0) is 22.1. The summed E-state index contributed by atoms with van der Waals surface area (Å²) in [7, 11) is 1.72. The van der Waals surface area contributed by atoms with Crippen LogP contribution in [-0.2, 0) is 16.1 Å². The third kappa shape index (κ3) is 3.70. The van der Waals surface area contributed by atoms with Gasteiger partial charge in [0.1, 0.15) is 0 Å². The third-order valence-electron chi connectivity index (χ3n) is 6.75. The lowest BCUT2D eigenvalue weighted by molar-refractivity contribution is -0.140. The SMILES string of the molecule is CN=C(NCCCN1C(=O)C2C3C=CC(C3)C2C1=O)NCc1cnn(-c2ccccc2)c1. The van der Waals surface area contributed by atoms with Gasteiger partial charge in [-0.2, -0.15) is 5.10 Å². The Morgan fingerprint density at radius 2 is 1.81 bits per heavy atom. The smallest absolute Gasteiger partial charge is 0.233 e. The number of carbonyl (C=O) groups excluding carboxylic acids is 2. The summed E-state index contributed by atoms with van der Waals surface area (Å²) in [6.07, 6.45) is 9.72. The number of likely N-dealkylation sites (tertiary alicyclic amines) is 1. The van der Waals surface area contributed by atoms with Gasteiger partial charge in [-0.1, -0.05) is 30.4 Å². The molecule has 1 saturated carbocycles. The first-order valence-corrected chi connectivity index (χ1v) is 11.2. The Kier molecular flexibility index (Phi) is 5.51. The topological polar surface area (TPSA) is 91.6 Å². The number of guanidine groups is 1. The lowest BCUT2D eigenvalue weighted by Gasteiger charge is -2.18. The molecule has 8 heteroatoms. The van der Waals surface area contributed by atoms with Gasteiger partial charge in [0.2, 0.25) is 11.8 Å². The Labute approximate surface area is 187 Å². The average Bonchev–Trinajstić information content (AvgIpc) is 3.60. The molecule has 4 atom stereocenters. The largest absolute Gasteiger partial charge is 0.356 e. The number of carbonyl (C=O) groups is 2. The van der Waals surface area contributed by atoms with E-state index in [-0.39, 0.29) is 35.5 Å². The fourth-order valence-electron chi connectivity index (χ4n) is 5.21. The van der Waals surface area contributed by atoms with Crippen LogP contribution < -0.4 is 10.6 Å². The van der Waals surface area contributed by atoms with Crippen molar-refractivity contribution >= 4 is 17.8 Å². The van der Waals surface area contributed by atoms with E-state index in [4.69, 9.17) is 0 Å². The van der Waals surface area contributed by atoms with Crippen LogP contribution >= 0.6 is 0 Å². The number of hydrogen-bond donors (Lipinski definition) is 2. The monoisotopic (exact) mass is 432 g/mol. The molecule has 2 heterocycles. The molecule has 2 aromatic rings. The Hall–Kier alpha value is -3.42. The van der Waals surface area contributed by atoms with Crippen molar-refractivity contribution in [3.63, 3.8) is 0 Å². The quantitative estimate of drug-likeness (QED) is 0.229. The fourth-order valence-corrected chi connectivity index (χ4v) is 5.21. The molecule has 1 aromatic heterocycles. The van der Waals surface area contributed by atoms with Crippen molar-refractivity contribution in [1.82, 2.24) is 25.3 Å². The van der Waals surface area contributed by atoms with Crippen molar-refractivity contribution in [2.24, 2.45) is 28.7 Å². The number of para-hydroxylation sites is 1. The molecule has 1 aromatic carbocycles. The number of aromatic nitrogens is 2. The lowest BCUT2D eigenvalue weighted by atomic mass is 9.85. The van der Waals surface area contributed by atoms with Crippen molar-refractivity contribution in [3.05, 3.63) is 60.4 Å². The highest BCUT2D eigenvalue weighted by atomic mass is 16.2. The second kappa shape index (κ2) is 8.61. The Morgan fingerprint density at radius 3 is 2.50 bits per heavy atom. The summed E-state index contributed by atoms with van der Waals surface area (Å²) >= 11 is 0. The second-order valence-corrected chi connectivity index (χ2v) is 8.66. The molecule has 2 bridgehead atoms. The highest BCUT2D eigenvalue weighted by Crippen LogP contribution is 2.52. The number of allylic oxidation sites excluding steroid dienone is 2. The molecule has 8 nitrogen and oxygen atoms in total. The van der Waals surface area contributed by atoms with Gasteiger partial charge >= 0.3 is 0 Å². The van der Waals surface area contributed by atoms with Gasteiger partial charge in [0.15, 0.2) is 5.96 Å². The maximum atomic E-state index is 12.7. The molecule has 2 N–H and O–H groups in total. The fraction of sp³-hybridized carbons (Fsp3) is 0.417. The van der Waals surface area contributed by atoms with Crippen LogP contribution in [0, 0.1) is 23.7 Å². The van der Waals surface area contributed by atoms with Crippen LogP contribution in [-0.4, -0.2) is 52.6 Å². The number of aliphatic imine (C=N–C) groups is 1. The van der Waals surface area contributed by atoms with Crippen molar-refractivity contribution in [2.75, 3.05) is 20.1 Å². The van der Waals surface area contributed by atoms with E-state index >= 15 is 0 Å². The number of rotatable bonds is 7. The summed E-state index contributed by atoms with van der Waals surface area (Å²) in [6.45, 7) is 1.67. The van der Waals surface area contributed by atoms with Gasteiger partial charge in [0, 0.05) is 38.4 Å². The van der Waals surface area contributed by atoms with Gasteiger partial charge in [-0.05, 0) is 36.8 Å². The van der Waals surface area contributed by atoms with E-state index in [0.29, 0.717) is 32.0 Å². The molecule has 5 rings (SSSR count). The first kappa shape index (κ1) is 20.5. The first-order chi connectivity index (χ1) is 15.7. The van der Waals surface area contributed by atoms with Gasteiger partial charge < -0.3 is 10.6 Å². The van der Waals surface area contributed by atoms with Gasteiger partial charge in [-0.3, -0.25) is 19.5 Å². The molecule has 0 radical (unpaired) electrons. The highest BCUT2D eigenvalue weighted by Gasteiger charge is 2.58. The molecule has 2 aliphatic carbocycles. The molecule has 166 valence electrons. The third-order valence-corrected chi connectivity index (χ3v) is 6.75. The van der Waals surface area contributed by atoms with Crippen molar-refractivity contribution < 1.29 is 9.59 Å². The van der Waals surface area contributed by atoms with Crippen molar-refractivity contribution in [3.8, 4) is 5.69 Å². The normalized spacial score (nSPS) is 26.2. The molecule has 1 aliphatic heterocycles. The van der Waals surface area contributed by atoms with E-state index in [2.05, 4.69) is 32.9 Å². The van der Waals surface area contributed by atoms with Crippen LogP contribution in [0.1, 0.15) is 18.4 Å². The minimum Gasteiger partial charge on any atom is -0.356 e. The molecule has 3 aliphatic rings. The van der Waals surface area contributed by atoms with Crippen molar-refractivity contribution in [1.29, 1.82) is 0 Å². The van der Waals surface area contributed by atoms with Gasteiger partial charge in [0.25, 0.3) is 0 Å². The summed E-state index contributed by atoms with van der Waals surface area (Å²) in [5, 5.41) is 10.9. The molecule has 0 spiro atoms. The van der Waals surface area contributed by atoms with Crippen LogP contribution in [0.4, 0.5) is 0 Å². The average molecular weight is 433 g/mol. The zero-order valence-corrected chi connectivity index (χ0v) is 18.1. The summed E-state index contributed by atoms with van der Waals surface area (Å²) in [4.78, 5) is 31.2. The van der Waals surface area contributed by atoms with E-state index < -0.39 is 0 Å². The summed E-state index contributed by atoms with van der Waals surface area (Å²) in [6, 6.07) is 9.96. The van der Waals surface area contributed by atoms with Crippen molar-refractivity contribution in [2.45, 2.75) is 19.4 Å². The van der Waals surface area contributed by atoms with Crippen LogP contribution in [0.5, 0.6) is 0 Å². The Morgan fingerprint density at radius 1 is 1.09 bits per heavy atom. The molecule has 2 amide bonds. The van der Waals surface area contributed by atoms with E-state index in [1.165, 1.54) is 4.90 Å². The Balaban J connectivity index is 1.07. The number of fused-ring (bicyclic) bond motifs is 5. The van der Waals surface area contributed by atoms with Crippen LogP contribution in [0.2, 0.25) is 0 Å². The minimum absolute atomic E-state index is 0.0229. The zero-order valence-electron chi connectivity index (χ0n) is 18.1. The predicted octanol–water partition coefficient (Wildman–Crippen LogP) is 1.73. The summed E-state index contributed by atoms with van der Waals surface area (Å²) < 4.78 is 1.84. The number of nitrogens with zero attached hydrogens (tertiary/aromatic N) is 4. The second-order valence-electron chi connectivity index (χ2n) is 8.66. The summed E-state index contributed by atoms with van der Waals surface area (Å²) in [5.74, 6) is 1.02. The number of amides is 2. The Bertz CT molecular complexity index is 1030. The summed E-state index contributed by atoms with van der Waals surface area (Å²) in [5.41, 5.74) is 2.06. The van der Waals surface area contributed by atoms with E-state index in [9.17, 15) is 9.59 Å². The number of nitrogens with one attached hydrogen (secondary N) is 2. The van der Waals surface area contributed by atoms with E-state index in [1.807, 2.05) is 47.4 Å². The predicted molar refractivity (Wildman–Crippen MR) is 121 cm³/mol. The first-order valence-electron chi connectivity index (χ1n) is 11.2. The highest BCUT2D eigenvalue weighted by molar-refractivity contribution is 6.06. The van der Waals surface area contributed by atoms with Crippen LogP contribution in [0.3, 0.4) is 0 Å². The van der Waals surface area contributed by atoms with Gasteiger partial charge in [-0.25, -0.2) is 4.68 Å². The molecule has 2 fully saturated rings. The van der Waals surface area contributed by atoms with E-state index in [0.717, 1.165) is 17.7 Å². The maximum absolute atomic E-state index is 12.7. The molecule has 32 heavy (non-hydrogen) atoms. The molecule has 1 saturated heterocycles. The molecular formula is C24H28N6O2. The van der Waals surface area contributed by atoms with Crippen LogP contribution in [0.15, 0.2) is 59.9 Å². The number of benzene rings is 1. The maximum Gasteiger partial charge on any atom is 0.233 e. The molecule has 4 unspecified atom stereocenters. The van der Waals surface area contributed by atoms with E-state index in [1.54, 1.807) is 7.05 Å². The molecular weight excluding hydrogens is 404 g/mol. The number of hydrogen-bond acceptors (Lipinski definition) is 4. The standard InChI is InChI=1S/C24H28N6O2/c1-25-24(27-13-16-14-28-30(15-16)19-6-3-2-4-7-19)26-10-5-11-29-22(31)20-17-8-9-18(12-17)21(20)23(29)32/h2-4,6-9,14-15,17-18,20-21H,5,10-13H2,1H3,(H2,25,26,27). The van der Waals surface area contributed by atoms with Gasteiger partial charge in [0.05, 0.1) is 23.7 Å². The van der Waals surface area contributed by atoms with Gasteiger partial charge in [-0.15, -0.1) is 0 Å². The number of imide groups is 1. The lowest BCUT2D eigenvalue weighted by Crippen LogP contribution is -2.39. The van der Waals surface area contributed by atoms with Crippen LogP contribution in [0.25, 0.3) is 5.69 Å². The minimum atomic E-state index is -0.114.